The van der Waals surface area contributed by atoms with Crippen molar-refractivity contribution in [1.82, 2.24) is 25.1 Å². The van der Waals surface area contributed by atoms with Crippen LogP contribution in [-0.4, -0.2) is 76.0 Å². The molecule has 0 bridgehead atoms. The second-order valence-corrected chi connectivity index (χ2v) is 10.2. The topological polar surface area (TPSA) is 76.2 Å². The van der Waals surface area contributed by atoms with Crippen LogP contribution in [0.3, 0.4) is 0 Å². The molecular formula is C27H37N5O3. The number of fused-ring (bicyclic) bond motifs is 1. The predicted octanol–water partition coefficient (Wildman–Crippen LogP) is 2.66. The molecule has 1 saturated carbocycles. The SMILES string of the molecule is C#CCN1CC(=O)N2[C@@H](C(C)C)C(=O)N(CC3CCCCC3)C[C@@H]2N1C(=O)NCc1ccccc1. The Balaban J connectivity index is 1.61. The number of hydrazine groups is 1. The number of hydrogen-bond donors (Lipinski definition) is 1. The number of urea groups is 1. The van der Waals surface area contributed by atoms with E-state index in [0.717, 1.165) is 18.4 Å². The van der Waals surface area contributed by atoms with E-state index in [1.54, 1.807) is 14.9 Å². The maximum absolute atomic E-state index is 13.6. The highest BCUT2D eigenvalue weighted by Crippen LogP contribution is 2.32. The first-order valence-electron chi connectivity index (χ1n) is 12.8. The highest BCUT2D eigenvalue weighted by atomic mass is 16.2. The number of nitrogens with zero attached hydrogens (tertiary/aromatic N) is 4. The van der Waals surface area contributed by atoms with Crippen LogP contribution in [0.1, 0.15) is 51.5 Å². The van der Waals surface area contributed by atoms with E-state index in [9.17, 15) is 14.4 Å². The van der Waals surface area contributed by atoms with E-state index in [-0.39, 0.29) is 36.9 Å². The van der Waals surface area contributed by atoms with Gasteiger partial charge < -0.3 is 15.1 Å². The summed E-state index contributed by atoms with van der Waals surface area (Å²) in [5.74, 6) is 2.80. The third kappa shape index (κ3) is 5.46. The highest BCUT2D eigenvalue weighted by Gasteiger charge is 2.52. The van der Waals surface area contributed by atoms with Gasteiger partial charge in [0.05, 0.1) is 19.6 Å². The molecule has 2 atom stereocenters. The minimum atomic E-state index is -0.595. The van der Waals surface area contributed by atoms with Crippen molar-refractivity contribution in [3.8, 4) is 12.3 Å². The summed E-state index contributed by atoms with van der Waals surface area (Å²) in [6.45, 7) is 5.37. The number of terminal acetylenes is 1. The molecule has 0 aromatic heterocycles. The van der Waals surface area contributed by atoms with Crippen LogP contribution in [0.5, 0.6) is 0 Å². The lowest BCUT2D eigenvalue weighted by Gasteiger charge is -2.56. The number of benzene rings is 1. The molecule has 0 unspecified atom stereocenters. The van der Waals surface area contributed by atoms with Gasteiger partial charge in [0.2, 0.25) is 11.8 Å². The lowest BCUT2D eigenvalue weighted by atomic mass is 9.88. The molecule has 2 heterocycles. The standard InChI is InChI=1S/C27H37N5O3/c1-4-15-30-19-24(33)31-23(32(30)27(35)28-16-21-11-7-5-8-12-21)18-29(26(34)25(31)20(2)3)17-22-13-9-6-10-14-22/h1,5,7-8,11-12,20,22-23,25H,6,9-10,13-19H2,2-3H3,(H,28,35)/t23-,25-/m0/s1. The summed E-state index contributed by atoms with van der Waals surface area (Å²) < 4.78 is 0. The number of nitrogens with one attached hydrogen (secondary N) is 1. The summed E-state index contributed by atoms with van der Waals surface area (Å²) >= 11 is 0. The van der Waals surface area contributed by atoms with E-state index in [0.29, 0.717) is 25.6 Å². The third-order valence-electron chi connectivity index (χ3n) is 7.37. The number of amides is 4. The van der Waals surface area contributed by atoms with E-state index in [4.69, 9.17) is 6.42 Å². The summed E-state index contributed by atoms with van der Waals surface area (Å²) in [4.78, 5) is 44.0. The number of carbonyl (C=O) groups excluding carboxylic acids is 3. The average Bonchev–Trinajstić information content (AvgIpc) is 2.85. The zero-order valence-electron chi connectivity index (χ0n) is 20.9. The Bertz CT molecular complexity index is 953. The van der Waals surface area contributed by atoms with E-state index < -0.39 is 12.2 Å². The fourth-order valence-corrected chi connectivity index (χ4v) is 5.69. The van der Waals surface area contributed by atoms with Gasteiger partial charge in [0.25, 0.3) is 0 Å². The molecule has 4 rings (SSSR count). The Morgan fingerprint density at radius 1 is 1.14 bits per heavy atom. The van der Waals surface area contributed by atoms with E-state index in [1.807, 2.05) is 49.1 Å². The Kier molecular flexibility index (Phi) is 7.97. The molecule has 188 valence electrons. The van der Waals surface area contributed by atoms with Gasteiger partial charge in [-0.2, -0.15) is 5.01 Å². The van der Waals surface area contributed by atoms with Crippen molar-refractivity contribution in [2.24, 2.45) is 11.8 Å². The molecule has 35 heavy (non-hydrogen) atoms. The maximum atomic E-state index is 13.6. The highest BCUT2D eigenvalue weighted by molar-refractivity contribution is 5.91. The van der Waals surface area contributed by atoms with Crippen molar-refractivity contribution in [2.75, 3.05) is 26.2 Å². The Morgan fingerprint density at radius 3 is 2.51 bits per heavy atom. The van der Waals surface area contributed by atoms with Gasteiger partial charge in [-0.25, -0.2) is 9.80 Å². The fourth-order valence-electron chi connectivity index (χ4n) is 5.69. The first-order valence-corrected chi connectivity index (χ1v) is 12.8. The summed E-state index contributed by atoms with van der Waals surface area (Å²) in [7, 11) is 0. The van der Waals surface area contributed by atoms with Gasteiger partial charge in [-0.05, 0) is 30.2 Å². The van der Waals surface area contributed by atoms with Gasteiger partial charge in [0.1, 0.15) is 12.2 Å². The molecule has 1 aliphatic carbocycles. The molecule has 1 N–H and O–H groups in total. The Morgan fingerprint density at radius 2 is 1.86 bits per heavy atom. The quantitative estimate of drug-likeness (QED) is 0.637. The monoisotopic (exact) mass is 479 g/mol. The minimum absolute atomic E-state index is 0.00906. The fraction of sp³-hybridized carbons (Fsp3) is 0.593. The zero-order chi connectivity index (χ0) is 24.9. The Hall–Kier alpha value is -3.05. The molecule has 8 nitrogen and oxygen atoms in total. The molecule has 0 spiro atoms. The maximum Gasteiger partial charge on any atom is 0.334 e. The summed E-state index contributed by atoms with van der Waals surface area (Å²) in [5.41, 5.74) is 0.979. The number of carbonyl (C=O) groups is 3. The van der Waals surface area contributed by atoms with Gasteiger partial charge in [-0.15, -0.1) is 6.42 Å². The summed E-state index contributed by atoms with van der Waals surface area (Å²) in [6, 6.07) is 8.77. The van der Waals surface area contributed by atoms with E-state index in [1.165, 1.54) is 19.3 Å². The van der Waals surface area contributed by atoms with Crippen LogP contribution >= 0.6 is 0 Å². The van der Waals surface area contributed by atoms with Crippen molar-refractivity contribution >= 4 is 17.8 Å². The molecule has 2 saturated heterocycles. The summed E-state index contributed by atoms with van der Waals surface area (Å²) in [5, 5.41) is 6.21. The number of piperazine rings is 1. The van der Waals surface area contributed by atoms with Crippen molar-refractivity contribution < 1.29 is 14.4 Å². The van der Waals surface area contributed by atoms with Gasteiger partial charge in [-0.1, -0.05) is 69.4 Å². The first kappa shape index (κ1) is 25.1. The molecule has 3 aliphatic rings. The van der Waals surface area contributed by atoms with Gasteiger partial charge in [0, 0.05) is 13.1 Å². The number of hydrogen-bond acceptors (Lipinski definition) is 4. The molecule has 3 fully saturated rings. The van der Waals surface area contributed by atoms with E-state index in [2.05, 4.69) is 11.2 Å². The molecule has 8 heteroatoms. The number of rotatable bonds is 6. The Labute approximate surface area is 208 Å². The summed E-state index contributed by atoms with van der Waals surface area (Å²) in [6.07, 6.45) is 10.9. The third-order valence-corrected chi connectivity index (χ3v) is 7.37. The molecule has 1 aromatic carbocycles. The average molecular weight is 480 g/mol. The van der Waals surface area contributed by atoms with Crippen LogP contribution in [0.25, 0.3) is 0 Å². The molecular weight excluding hydrogens is 442 g/mol. The predicted molar refractivity (Wildman–Crippen MR) is 133 cm³/mol. The largest absolute Gasteiger partial charge is 0.337 e. The second-order valence-electron chi connectivity index (χ2n) is 10.2. The van der Waals surface area contributed by atoms with Crippen LogP contribution < -0.4 is 5.32 Å². The van der Waals surface area contributed by atoms with E-state index >= 15 is 0 Å². The lowest BCUT2D eigenvalue weighted by Crippen LogP contribution is -2.77. The molecule has 1 aromatic rings. The van der Waals surface area contributed by atoms with Gasteiger partial charge >= 0.3 is 6.03 Å². The van der Waals surface area contributed by atoms with Crippen LogP contribution in [0.4, 0.5) is 4.79 Å². The molecule has 0 radical (unpaired) electrons. The van der Waals surface area contributed by atoms with Crippen molar-refractivity contribution in [2.45, 2.75) is 64.7 Å². The first-order chi connectivity index (χ1) is 16.9. The minimum Gasteiger partial charge on any atom is -0.337 e. The van der Waals surface area contributed by atoms with Crippen LogP contribution in [0, 0.1) is 24.2 Å². The molecule has 2 aliphatic heterocycles. The van der Waals surface area contributed by atoms with Crippen molar-refractivity contribution in [1.29, 1.82) is 0 Å². The lowest BCUT2D eigenvalue weighted by molar-refractivity contribution is -0.192. The van der Waals surface area contributed by atoms with Crippen molar-refractivity contribution in [3.63, 3.8) is 0 Å². The normalized spacial score (nSPS) is 23.9. The molecule has 4 amide bonds. The smallest absolute Gasteiger partial charge is 0.334 e. The van der Waals surface area contributed by atoms with Crippen LogP contribution in [-0.2, 0) is 16.1 Å². The van der Waals surface area contributed by atoms with Gasteiger partial charge in [0.15, 0.2) is 0 Å². The zero-order valence-corrected chi connectivity index (χ0v) is 20.9. The van der Waals surface area contributed by atoms with Gasteiger partial charge in [-0.3, -0.25) is 9.59 Å². The van der Waals surface area contributed by atoms with Crippen LogP contribution in [0.15, 0.2) is 30.3 Å². The van der Waals surface area contributed by atoms with Crippen molar-refractivity contribution in [3.05, 3.63) is 35.9 Å². The second kappa shape index (κ2) is 11.1. The van der Waals surface area contributed by atoms with Crippen LogP contribution in [0.2, 0.25) is 0 Å².